The average molecular weight is 354 g/mol. The van der Waals surface area contributed by atoms with Gasteiger partial charge in [0.25, 0.3) is 11.5 Å². The Morgan fingerprint density at radius 3 is 2.44 bits per heavy atom. The zero-order valence-corrected chi connectivity index (χ0v) is 16.0. The summed E-state index contributed by atoms with van der Waals surface area (Å²) in [6.45, 7) is 8.53. The Morgan fingerprint density at radius 1 is 1.16 bits per heavy atom. The number of thiophene rings is 1. The zero-order valence-electron chi connectivity index (χ0n) is 15.2. The maximum atomic E-state index is 12.8. The summed E-state index contributed by atoms with van der Waals surface area (Å²) in [6.07, 6.45) is 1.74. The molecule has 0 bridgehead atoms. The number of aryl methyl sites for hydroxylation is 5. The van der Waals surface area contributed by atoms with Crippen LogP contribution in [0.5, 0.6) is 0 Å². The monoisotopic (exact) mass is 354 g/mol. The third kappa shape index (κ3) is 3.12. The van der Waals surface area contributed by atoms with Gasteiger partial charge < -0.3 is 9.88 Å². The van der Waals surface area contributed by atoms with E-state index in [1.165, 1.54) is 32.6 Å². The molecule has 3 aromatic rings. The lowest BCUT2D eigenvalue weighted by Gasteiger charge is -2.12. The van der Waals surface area contributed by atoms with Crippen LogP contribution in [0, 0.1) is 27.7 Å². The highest BCUT2D eigenvalue weighted by Crippen LogP contribution is 2.28. The predicted octanol–water partition coefficient (Wildman–Crippen LogP) is 3.76. The van der Waals surface area contributed by atoms with E-state index in [2.05, 4.69) is 38.2 Å². The summed E-state index contributed by atoms with van der Waals surface area (Å²) in [7, 11) is 1.70. The molecule has 0 radical (unpaired) electrons. The molecule has 2 aromatic heterocycles. The van der Waals surface area contributed by atoms with Gasteiger partial charge in [0, 0.05) is 29.4 Å². The lowest BCUT2D eigenvalue weighted by Crippen LogP contribution is -2.26. The molecule has 2 heterocycles. The molecule has 1 amide bonds. The molecule has 4 nitrogen and oxygen atoms in total. The van der Waals surface area contributed by atoms with Gasteiger partial charge in [-0.15, -0.1) is 11.3 Å². The normalized spacial score (nSPS) is 11.1. The number of amides is 1. The number of nitrogens with one attached hydrogen (secondary N) is 1. The molecular weight excluding hydrogens is 332 g/mol. The van der Waals surface area contributed by atoms with Crippen LogP contribution >= 0.6 is 11.3 Å². The summed E-state index contributed by atoms with van der Waals surface area (Å²) in [4.78, 5) is 26.2. The molecular formula is C20H22N2O2S. The van der Waals surface area contributed by atoms with Crippen LogP contribution in [0.3, 0.4) is 0 Å². The van der Waals surface area contributed by atoms with Crippen molar-refractivity contribution in [3.63, 3.8) is 0 Å². The van der Waals surface area contributed by atoms with Crippen molar-refractivity contribution in [1.29, 1.82) is 0 Å². The first-order valence-corrected chi connectivity index (χ1v) is 9.05. The van der Waals surface area contributed by atoms with Gasteiger partial charge in [0.15, 0.2) is 0 Å². The van der Waals surface area contributed by atoms with Gasteiger partial charge in [-0.2, -0.15) is 0 Å². The largest absolute Gasteiger partial charge is 0.348 e. The molecule has 5 heteroatoms. The van der Waals surface area contributed by atoms with Crippen molar-refractivity contribution in [2.75, 3.05) is 0 Å². The molecule has 0 spiro atoms. The van der Waals surface area contributed by atoms with E-state index in [1.807, 2.05) is 13.0 Å². The minimum Gasteiger partial charge on any atom is -0.348 e. The van der Waals surface area contributed by atoms with Gasteiger partial charge in [-0.25, -0.2) is 0 Å². The van der Waals surface area contributed by atoms with Crippen LogP contribution in [0.25, 0.3) is 10.1 Å². The lowest BCUT2D eigenvalue weighted by atomic mass is 10.00. The summed E-state index contributed by atoms with van der Waals surface area (Å²) in [6, 6.07) is 6.13. The number of carbonyl (C=O) groups is 1. The number of hydrogen-bond acceptors (Lipinski definition) is 3. The molecule has 1 aromatic carbocycles. The first kappa shape index (κ1) is 17.4. The minimum atomic E-state index is -0.188. The number of aromatic nitrogens is 1. The second-order valence-electron chi connectivity index (χ2n) is 6.56. The van der Waals surface area contributed by atoms with E-state index in [9.17, 15) is 9.59 Å². The van der Waals surface area contributed by atoms with E-state index < -0.39 is 0 Å². The number of fused-ring (bicyclic) bond motifs is 1. The van der Waals surface area contributed by atoms with Gasteiger partial charge in [-0.05, 0) is 50.5 Å². The van der Waals surface area contributed by atoms with Crippen LogP contribution in [0.1, 0.15) is 37.5 Å². The number of carbonyl (C=O) groups excluding carboxylic acids is 1. The average Bonchev–Trinajstić information content (AvgIpc) is 2.86. The van der Waals surface area contributed by atoms with Crippen molar-refractivity contribution in [2.24, 2.45) is 7.05 Å². The van der Waals surface area contributed by atoms with Gasteiger partial charge in [-0.3, -0.25) is 9.59 Å². The summed E-state index contributed by atoms with van der Waals surface area (Å²) >= 11 is 1.49. The molecule has 0 saturated heterocycles. The maximum Gasteiger partial charge on any atom is 0.259 e. The van der Waals surface area contributed by atoms with Crippen molar-refractivity contribution < 1.29 is 4.79 Å². The van der Waals surface area contributed by atoms with E-state index >= 15 is 0 Å². The van der Waals surface area contributed by atoms with Gasteiger partial charge in [0.2, 0.25) is 0 Å². The quantitative estimate of drug-likeness (QED) is 0.778. The summed E-state index contributed by atoms with van der Waals surface area (Å²) < 4.78 is 2.37. The van der Waals surface area contributed by atoms with E-state index in [0.29, 0.717) is 17.5 Å². The zero-order chi connectivity index (χ0) is 18.3. The van der Waals surface area contributed by atoms with E-state index in [-0.39, 0.29) is 11.5 Å². The Bertz CT molecular complexity index is 1020. The smallest absolute Gasteiger partial charge is 0.259 e. The van der Waals surface area contributed by atoms with Crippen molar-refractivity contribution >= 4 is 27.3 Å². The molecule has 0 aliphatic carbocycles. The first-order valence-electron chi connectivity index (χ1n) is 8.23. The Hall–Kier alpha value is -2.40. The second-order valence-corrected chi connectivity index (χ2v) is 7.82. The summed E-state index contributed by atoms with van der Waals surface area (Å²) in [5.74, 6) is -0.188. The lowest BCUT2D eigenvalue weighted by molar-refractivity contribution is 0.0952. The number of hydrogen-bond donors (Lipinski definition) is 1. The third-order valence-electron chi connectivity index (χ3n) is 4.59. The molecule has 1 N–H and O–H groups in total. The van der Waals surface area contributed by atoms with Crippen molar-refractivity contribution in [3.05, 3.63) is 67.4 Å². The van der Waals surface area contributed by atoms with Crippen LogP contribution in [0.2, 0.25) is 0 Å². The highest BCUT2D eigenvalue weighted by atomic mass is 32.1. The standard InChI is InChI=1S/C20H22N2O2S/c1-11-8-12(2)15(13(3)9-11)10-21-19(23)17-14(4)25-16-6-7-22(5)20(24)18(16)17/h6-9H,10H2,1-5H3,(H,21,23). The van der Waals surface area contributed by atoms with Crippen LogP contribution in [0.15, 0.2) is 29.2 Å². The Morgan fingerprint density at radius 2 is 1.80 bits per heavy atom. The number of benzene rings is 1. The molecule has 0 unspecified atom stereocenters. The fourth-order valence-electron chi connectivity index (χ4n) is 3.34. The molecule has 0 fully saturated rings. The van der Waals surface area contributed by atoms with E-state index in [4.69, 9.17) is 0 Å². The molecule has 0 saturated carbocycles. The molecule has 0 aliphatic heterocycles. The molecule has 130 valence electrons. The fraction of sp³-hybridized carbons (Fsp3) is 0.300. The SMILES string of the molecule is Cc1cc(C)c(CNC(=O)c2c(C)sc3ccn(C)c(=O)c23)c(C)c1. The van der Waals surface area contributed by atoms with Crippen LogP contribution in [0.4, 0.5) is 0 Å². The summed E-state index contributed by atoms with van der Waals surface area (Å²) in [5.41, 5.74) is 5.05. The molecule has 3 rings (SSSR count). The number of pyridine rings is 1. The van der Waals surface area contributed by atoms with Gasteiger partial charge in [0.1, 0.15) is 0 Å². The topological polar surface area (TPSA) is 51.1 Å². The summed E-state index contributed by atoms with van der Waals surface area (Å²) in [5, 5.41) is 3.52. The number of nitrogens with zero attached hydrogens (tertiary/aromatic N) is 1. The van der Waals surface area contributed by atoms with Gasteiger partial charge in [0.05, 0.1) is 10.9 Å². The van der Waals surface area contributed by atoms with Crippen molar-refractivity contribution in [2.45, 2.75) is 34.2 Å². The minimum absolute atomic E-state index is 0.130. The van der Waals surface area contributed by atoms with Crippen LogP contribution < -0.4 is 10.9 Å². The fourth-order valence-corrected chi connectivity index (χ4v) is 4.39. The van der Waals surface area contributed by atoms with E-state index in [1.54, 1.807) is 13.2 Å². The van der Waals surface area contributed by atoms with Crippen molar-refractivity contribution in [1.82, 2.24) is 9.88 Å². The van der Waals surface area contributed by atoms with Gasteiger partial charge >= 0.3 is 0 Å². The highest BCUT2D eigenvalue weighted by molar-refractivity contribution is 7.19. The number of rotatable bonds is 3. The molecule has 25 heavy (non-hydrogen) atoms. The highest BCUT2D eigenvalue weighted by Gasteiger charge is 2.19. The van der Waals surface area contributed by atoms with Crippen LogP contribution in [-0.4, -0.2) is 10.5 Å². The molecule has 0 aliphatic rings. The van der Waals surface area contributed by atoms with E-state index in [0.717, 1.165) is 15.1 Å². The molecule has 0 atom stereocenters. The first-order chi connectivity index (χ1) is 11.8. The van der Waals surface area contributed by atoms with Crippen LogP contribution in [-0.2, 0) is 13.6 Å². The van der Waals surface area contributed by atoms with Crippen molar-refractivity contribution in [3.8, 4) is 0 Å². The van der Waals surface area contributed by atoms with Gasteiger partial charge in [-0.1, -0.05) is 17.7 Å². The Balaban J connectivity index is 1.95. The third-order valence-corrected chi connectivity index (χ3v) is 5.66. The maximum absolute atomic E-state index is 12.8. The second kappa shape index (κ2) is 6.48. The Labute approximate surface area is 151 Å². The predicted molar refractivity (Wildman–Crippen MR) is 104 cm³/mol. The Kier molecular flexibility index (Phi) is 4.52.